The van der Waals surface area contributed by atoms with Crippen molar-refractivity contribution in [2.24, 2.45) is 18.1 Å². The quantitative estimate of drug-likeness (QED) is 0.312. The van der Waals surface area contributed by atoms with Gasteiger partial charge in [0.25, 0.3) is 5.56 Å². The first-order valence-electron chi connectivity index (χ1n) is 8.57. The molecule has 0 aliphatic heterocycles. The van der Waals surface area contributed by atoms with Gasteiger partial charge in [-0.25, -0.2) is 18.5 Å². The number of hydrogen-bond donors (Lipinski definition) is 0. The van der Waals surface area contributed by atoms with Crippen LogP contribution in [-0.4, -0.2) is 20.8 Å². The summed E-state index contributed by atoms with van der Waals surface area (Å²) in [6.45, 7) is 1.66. The van der Waals surface area contributed by atoms with E-state index < -0.39 is 51.2 Å². The maximum Gasteiger partial charge on any atom is 0.431 e. The molecule has 1 aromatic heterocycles. The Morgan fingerprint density at radius 2 is 1.87 bits per heavy atom. The maximum atomic E-state index is 14.4. The number of halogens is 5. The van der Waals surface area contributed by atoms with Crippen LogP contribution in [0.2, 0.25) is 5.02 Å². The summed E-state index contributed by atoms with van der Waals surface area (Å²) in [7, 11) is 0.777. The second kappa shape index (κ2) is 7.71. The van der Waals surface area contributed by atoms with Crippen molar-refractivity contribution in [3.63, 3.8) is 0 Å². The summed E-state index contributed by atoms with van der Waals surface area (Å²) in [5.41, 5.74) is -5.00. The van der Waals surface area contributed by atoms with Crippen LogP contribution >= 0.6 is 11.6 Å². The molecule has 3 rings (SSSR count). The molecule has 0 amide bonds. The lowest BCUT2D eigenvalue weighted by molar-refractivity contribution is -0.144. The molecule has 30 heavy (non-hydrogen) atoms. The van der Waals surface area contributed by atoms with Crippen molar-refractivity contribution in [1.82, 2.24) is 9.13 Å². The molecule has 1 heterocycles. The molecule has 0 radical (unpaired) electrons. The standard InChI is InChI=1S/C18H14ClF4N3O4/c1-8(9-3-4-9)24-30-16(28)10-5-13(12(20)6-11(10)19)26-15(27)7-14(18(21,22)23)25(2)17(26)29/h5-7,9H,3-4H2,1-2H3. The zero-order valence-corrected chi connectivity index (χ0v) is 16.3. The summed E-state index contributed by atoms with van der Waals surface area (Å²) >= 11 is 5.86. The first kappa shape index (κ1) is 21.8. The Kier molecular flexibility index (Phi) is 5.59. The average molecular weight is 448 g/mol. The summed E-state index contributed by atoms with van der Waals surface area (Å²) < 4.78 is 53.7. The second-order valence-electron chi connectivity index (χ2n) is 6.71. The third-order valence-electron chi connectivity index (χ3n) is 4.55. The lowest BCUT2D eigenvalue weighted by Crippen LogP contribution is -2.41. The van der Waals surface area contributed by atoms with Gasteiger partial charge in [-0.05, 0) is 31.9 Å². The normalized spacial score (nSPS) is 14.7. The summed E-state index contributed by atoms with van der Waals surface area (Å²) in [6.07, 6.45) is -3.15. The molecule has 1 aliphatic rings. The van der Waals surface area contributed by atoms with Gasteiger partial charge in [0.15, 0.2) is 0 Å². The molecule has 0 spiro atoms. The van der Waals surface area contributed by atoms with E-state index in [1.807, 2.05) is 0 Å². The number of carbonyl (C=O) groups is 1. The third-order valence-corrected chi connectivity index (χ3v) is 4.86. The van der Waals surface area contributed by atoms with Crippen LogP contribution in [0.1, 0.15) is 35.8 Å². The number of rotatable bonds is 4. The topological polar surface area (TPSA) is 82.7 Å². The van der Waals surface area contributed by atoms with Crippen molar-refractivity contribution >= 4 is 23.3 Å². The van der Waals surface area contributed by atoms with Crippen molar-refractivity contribution < 1.29 is 27.2 Å². The van der Waals surface area contributed by atoms with E-state index in [2.05, 4.69) is 5.16 Å². The van der Waals surface area contributed by atoms with Gasteiger partial charge >= 0.3 is 17.8 Å². The maximum absolute atomic E-state index is 14.4. The molecule has 2 aromatic rings. The monoisotopic (exact) mass is 447 g/mol. The van der Waals surface area contributed by atoms with Crippen LogP contribution in [0.25, 0.3) is 5.69 Å². The van der Waals surface area contributed by atoms with E-state index in [0.717, 1.165) is 26.0 Å². The van der Waals surface area contributed by atoms with Crippen LogP contribution in [0.15, 0.2) is 32.9 Å². The lowest BCUT2D eigenvalue weighted by atomic mass is 10.2. The van der Waals surface area contributed by atoms with Gasteiger partial charge in [-0.15, -0.1) is 0 Å². The Morgan fingerprint density at radius 1 is 1.23 bits per heavy atom. The number of nitrogens with zero attached hydrogens (tertiary/aromatic N) is 3. The van der Waals surface area contributed by atoms with Crippen LogP contribution in [0.5, 0.6) is 0 Å². The van der Waals surface area contributed by atoms with Crippen LogP contribution in [0.3, 0.4) is 0 Å². The average Bonchev–Trinajstić information content (AvgIpc) is 3.48. The second-order valence-corrected chi connectivity index (χ2v) is 7.12. The number of benzene rings is 1. The molecule has 160 valence electrons. The van der Waals surface area contributed by atoms with Gasteiger partial charge < -0.3 is 4.84 Å². The minimum Gasteiger partial charge on any atom is -0.313 e. The fraction of sp³-hybridized carbons (Fsp3) is 0.333. The highest BCUT2D eigenvalue weighted by Gasteiger charge is 2.35. The highest BCUT2D eigenvalue weighted by molar-refractivity contribution is 6.33. The van der Waals surface area contributed by atoms with Gasteiger partial charge in [0.2, 0.25) is 0 Å². The van der Waals surface area contributed by atoms with Crippen LogP contribution < -0.4 is 11.2 Å². The first-order valence-corrected chi connectivity index (χ1v) is 8.95. The van der Waals surface area contributed by atoms with Crippen molar-refractivity contribution in [3.05, 3.63) is 61.1 Å². The molecule has 1 saturated carbocycles. The smallest absolute Gasteiger partial charge is 0.313 e. The van der Waals surface area contributed by atoms with Crippen molar-refractivity contribution in [3.8, 4) is 5.69 Å². The number of aromatic nitrogens is 2. The van der Waals surface area contributed by atoms with Crippen LogP contribution in [0.4, 0.5) is 17.6 Å². The van der Waals surface area contributed by atoms with Crippen LogP contribution in [0, 0.1) is 11.7 Å². The number of hydrogen-bond acceptors (Lipinski definition) is 5. The van der Waals surface area contributed by atoms with Crippen molar-refractivity contribution in [2.75, 3.05) is 0 Å². The molecule has 0 bridgehead atoms. The zero-order valence-electron chi connectivity index (χ0n) is 15.6. The Balaban J connectivity index is 2.10. The Hall–Kier alpha value is -2.95. The summed E-state index contributed by atoms with van der Waals surface area (Å²) in [5, 5.41) is 3.28. The number of carbonyl (C=O) groups excluding carboxylic acids is 1. The molecule has 1 aliphatic carbocycles. The Labute approximate surface area is 171 Å². The van der Waals surface area contributed by atoms with Crippen LogP contribution in [-0.2, 0) is 18.1 Å². The molecule has 12 heteroatoms. The van der Waals surface area contributed by atoms with E-state index in [-0.39, 0.29) is 21.1 Å². The molecular weight excluding hydrogens is 434 g/mol. The largest absolute Gasteiger partial charge is 0.431 e. The molecule has 0 atom stereocenters. The van der Waals surface area contributed by atoms with Crippen molar-refractivity contribution in [2.45, 2.75) is 25.9 Å². The summed E-state index contributed by atoms with van der Waals surface area (Å²) in [5.74, 6) is -2.07. The SMILES string of the molecule is CC(=NOC(=O)c1cc(-n2c(=O)cc(C(F)(F)F)n(C)c2=O)c(F)cc1Cl)C1CC1. The number of oxime groups is 1. The van der Waals surface area contributed by atoms with Gasteiger partial charge in [0, 0.05) is 19.0 Å². The first-order chi connectivity index (χ1) is 13.9. The summed E-state index contributed by atoms with van der Waals surface area (Å²) in [4.78, 5) is 41.6. The lowest BCUT2D eigenvalue weighted by Gasteiger charge is -2.15. The Morgan fingerprint density at radius 3 is 2.43 bits per heavy atom. The molecule has 1 aromatic carbocycles. The van der Waals surface area contributed by atoms with E-state index in [1.54, 1.807) is 6.92 Å². The van der Waals surface area contributed by atoms with E-state index in [4.69, 9.17) is 16.4 Å². The predicted octanol–water partition coefficient (Wildman–Crippen LogP) is 3.29. The number of alkyl halides is 3. The minimum absolute atomic E-state index is 0.150. The fourth-order valence-corrected chi connectivity index (χ4v) is 2.95. The third kappa shape index (κ3) is 4.16. The van der Waals surface area contributed by atoms with Gasteiger partial charge in [-0.1, -0.05) is 16.8 Å². The summed E-state index contributed by atoms with van der Waals surface area (Å²) in [6, 6.07) is 1.54. The van der Waals surface area contributed by atoms with Gasteiger partial charge in [0.1, 0.15) is 11.5 Å². The molecule has 1 fully saturated rings. The predicted molar refractivity (Wildman–Crippen MR) is 98.5 cm³/mol. The molecule has 0 N–H and O–H groups in total. The fourth-order valence-electron chi connectivity index (χ4n) is 2.72. The van der Waals surface area contributed by atoms with E-state index in [0.29, 0.717) is 11.8 Å². The van der Waals surface area contributed by atoms with Crippen molar-refractivity contribution in [1.29, 1.82) is 0 Å². The highest BCUT2D eigenvalue weighted by Crippen LogP contribution is 2.31. The Bertz CT molecular complexity index is 1180. The van der Waals surface area contributed by atoms with E-state index >= 15 is 0 Å². The van der Waals surface area contributed by atoms with E-state index in [9.17, 15) is 31.9 Å². The molecule has 0 unspecified atom stereocenters. The molecule has 0 saturated heterocycles. The minimum atomic E-state index is -4.98. The molecule has 7 nitrogen and oxygen atoms in total. The zero-order chi connectivity index (χ0) is 22.4. The molecular formula is C18H14ClF4N3O4. The highest BCUT2D eigenvalue weighted by atomic mass is 35.5. The van der Waals surface area contributed by atoms with Gasteiger partial charge in [-0.2, -0.15) is 13.2 Å². The van der Waals surface area contributed by atoms with Gasteiger partial charge in [0.05, 0.1) is 22.0 Å². The van der Waals surface area contributed by atoms with Gasteiger partial charge in [-0.3, -0.25) is 9.36 Å². The van der Waals surface area contributed by atoms with E-state index in [1.165, 1.54) is 0 Å².